The summed E-state index contributed by atoms with van der Waals surface area (Å²) in [6.07, 6.45) is 3.66. The molecule has 2 bridgehead atoms. The van der Waals surface area contributed by atoms with Crippen molar-refractivity contribution in [2.45, 2.75) is 18.0 Å². The van der Waals surface area contributed by atoms with Gasteiger partial charge in [-0.3, -0.25) is 4.98 Å². The Hall–Kier alpha value is -3.58. The summed E-state index contributed by atoms with van der Waals surface area (Å²) >= 11 is 0. The fraction of sp³-hybridized carbons (Fsp3) is 0.250. The van der Waals surface area contributed by atoms with E-state index in [1.807, 2.05) is 35.4 Å². The highest BCUT2D eigenvalue weighted by Crippen LogP contribution is 2.43. The highest BCUT2D eigenvalue weighted by atomic mass is 16.7. The first kappa shape index (κ1) is 18.2. The van der Waals surface area contributed by atoms with Crippen molar-refractivity contribution < 1.29 is 14.3 Å². The smallest absolute Gasteiger partial charge is 0.322 e. The number of amides is 2. The number of rotatable bonds is 3. The Bertz CT molecular complexity index is 1110. The monoisotopic (exact) mass is 414 g/mol. The highest BCUT2D eigenvalue weighted by Gasteiger charge is 2.53. The molecular formula is C24H22N4O3. The van der Waals surface area contributed by atoms with Crippen LogP contribution < -0.4 is 20.1 Å². The van der Waals surface area contributed by atoms with E-state index in [2.05, 4.69) is 45.9 Å². The van der Waals surface area contributed by atoms with E-state index in [-0.39, 0.29) is 24.9 Å². The average molecular weight is 414 g/mol. The minimum absolute atomic E-state index is 0.0707. The summed E-state index contributed by atoms with van der Waals surface area (Å²) in [4.78, 5) is 19.2. The lowest BCUT2D eigenvalue weighted by atomic mass is 9.72. The largest absolute Gasteiger partial charge is 0.454 e. The number of nitrogens with one attached hydrogen (secondary N) is 2. The second kappa shape index (κ2) is 7.28. The maximum Gasteiger partial charge on any atom is 0.322 e. The lowest BCUT2D eigenvalue weighted by molar-refractivity contribution is 0.00202. The van der Waals surface area contributed by atoms with Crippen molar-refractivity contribution in [3.63, 3.8) is 0 Å². The van der Waals surface area contributed by atoms with Crippen molar-refractivity contribution in [2.75, 3.05) is 25.2 Å². The summed E-state index contributed by atoms with van der Waals surface area (Å²) in [6, 6.07) is 18.3. The third-order valence-corrected chi connectivity index (χ3v) is 6.40. The standard InChI is InChI=1S/C24H22N4O3/c29-24(27-18-7-8-21-22(10-18)31-14-30-21)28-19-12-26-13-20(28)23(19)16-5-3-15(4-6-16)17-2-1-9-25-11-17/h1-11,19-20,23,26H,12-14H2,(H,27,29)/t19-,20+,23?. The van der Waals surface area contributed by atoms with Crippen molar-refractivity contribution >= 4 is 11.7 Å². The number of aromatic nitrogens is 1. The van der Waals surface area contributed by atoms with E-state index in [0.717, 1.165) is 24.2 Å². The number of urea groups is 1. The summed E-state index contributed by atoms with van der Waals surface area (Å²) < 4.78 is 10.8. The van der Waals surface area contributed by atoms with Gasteiger partial charge >= 0.3 is 6.03 Å². The molecule has 1 aromatic heterocycles. The number of ether oxygens (including phenoxy) is 2. The van der Waals surface area contributed by atoms with Crippen LogP contribution in [0.15, 0.2) is 67.0 Å². The number of carbonyl (C=O) groups excluding carboxylic acids is 1. The van der Waals surface area contributed by atoms with Crippen molar-refractivity contribution in [3.8, 4) is 22.6 Å². The molecule has 31 heavy (non-hydrogen) atoms. The van der Waals surface area contributed by atoms with Gasteiger partial charge < -0.3 is 25.0 Å². The van der Waals surface area contributed by atoms with Crippen LogP contribution in [0.3, 0.4) is 0 Å². The van der Waals surface area contributed by atoms with Crippen LogP contribution in [0.1, 0.15) is 11.5 Å². The molecule has 2 saturated heterocycles. The van der Waals surface area contributed by atoms with E-state index in [1.54, 1.807) is 6.20 Å². The van der Waals surface area contributed by atoms with E-state index in [4.69, 9.17) is 9.47 Å². The number of hydrogen-bond donors (Lipinski definition) is 2. The van der Waals surface area contributed by atoms with Crippen LogP contribution in [0.25, 0.3) is 11.1 Å². The Morgan fingerprint density at radius 1 is 1.00 bits per heavy atom. The summed E-state index contributed by atoms with van der Waals surface area (Å²) in [7, 11) is 0. The molecule has 3 aliphatic rings. The molecule has 7 heteroatoms. The molecule has 2 amide bonds. The van der Waals surface area contributed by atoms with Crippen LogP contribution in [-0.4, -0.2) is 47.9 Å². The van der Waals surface area contributed by atoms with Crippen LogP contribution in [0.4, 0.5) is 10.5 Å². The molecule has 0 radical (unpaired) electrons. The van der Waals surface area contributed by atoms with E-state index >= 15 is 0 Å². The zero-order valence-corrected chi connectivity index (χ0v) is 16.8. The van der Waals surface area contributed by atoms with Crippen LogP contribution in [0.2, 0.25) is 0 Å². The third kappa shape index (κ3) is 3.09. The van der Waals surface area contributed by atoms with Crippen molar-refractivity contribution in [3.05, 3.63) is 72.6 Å². The maximum absolute atomic E-state index is 13.0. The first-order valence-corrected chi connectivity index (χ1v) is 10.5. The molecule has 4 heterocycles. The fourth-order valence-electron chi connectivity index (χ4n) is 4.92. The Labute approximate surface area is 180 Å². The third-order valence-electron chi connectivity index (χ3n) is 6.40. The van der Waals surface area contributed by atoms with Crippen LogP contribution >= 0.6 is 0 Å². The van der Waals surface area contributed by atoms with E-state index in [0.29, 0.717) is 23.1 Å². The van der Waals surface area contributed by atoms with Gasteiger partial charge in [-0.2, -0.15) is 0 Å². The topological polar surface area (TPSA) is 75.7 Å². The number of anilines is 1. The second-order valence-electron chi connectivity index (χ2n) is 8.09. The number of hydrogen-bond acceptors (Lipinski definition) is 5. The zero-order chi connectivity index (χ0) is 20.8. The van der Waals surface area contributed by atoms with Crippen molar-refractivity contribution in [1.82, 2.24) is 15.2 Å². The molecule has 1 unspecified atom stereocenters. The summed E-state index contributed by atoms with van der Waals surface area (Å²) in [5, 5.41) is 6.46. The van der Waals surface area contributed by atoms with Gasteiger partial charge in [-0.05, 0) is 34.9 Å². The SMILES string of the molecule is O=C(Nc1ccc2c(c1)OCO2)N1[C@@H]2CNC[C@H]1C2c1ccc(-c2cccnc2)cc1. The molecule has 2 N–H and O–H groups in total. The molecule has 3 aromatic rings. The molecule has 0 spiro atoms. The summed E-state index contributed by atoms with van der Waals surface area (Å²) in [5.74, 6) is 1.71. The number of nitrogens with zero attached hydrogens (tertiary/aromatic N) is 2. The van der Waals surface area contributed by atoms with Gasteiger partial charge in [0.05, 0.1) is 12.1 Å². The summed E-state index contributed by atoms with van der Waals surface area (Å²) in [6.45, 7) is 1.80. The predicted molar refractivity (Wildman–Crippen MR) is 116 cm³/mol. The lowest BCUT2D eigenvalue weighted by Crippen LogP contribution is -2.74. The van der Waals surface area contributed by atoms with E-state index < -0.39 is 0 Å². The number of fused-ring (bicyclic) bond motifs is 3. The fourth-order valence-corrected chi connectivity index (χ4v) is 4.92. The number of benzene rings is 2. The molecule has 7 nitrogen and oxygen atoms in total. The molecule has 6 rings (SSSR count). The van der Waals surface area contributed by atoms with E-state index in [1.165, 1.54) is 5.56 Å². The minimum Gasteiger partial charge on any atom is -0.454 e. The maximum atomic E-state index is 13.0. The Morgan fingerprint density at radius 2 is 1.81 bits per heavy atom. The molecule has 2 aromatic carbocycles. The van der Waals surface area contributed by atoms with E-state index in [9.17, 15) is 4.79 Å². The molecular weight excluding hydrogens is 392 g/mol. The second-order valence-corrected chi connectivity index (χ2v) is 8.09. The van der Waals surface area contributed by atoms with Crippen LogP contribution in [0, 0.1) is 0 Å². The Morgan fingerprint density at radius 3 is 2.58 bits per heavy atom. The number of piperidine rings is 1. The van der Waals surface area contributed by atoms with Crippen LogP contribution in [-0.2, 0) is 0 Å². The van der Waals surface area contributed by atoms with Gasteiger partial charge in [0.2, 0.25) is 6.79 Å². The average Bonchev–Trinajstić information content (AvgIpc) is 3.28. The first-order chi connectivity index (χ1) is 15.3. The molecule has 3 aliphatic heterocycles. The Kier molecular flexibility index (Phi) is 4.28. The van der Waals surface area contributed by atoms with Gasteiger partial charge in [-0.25, -0.2) is 4.79 Å². The first-order valence-electron chi connectivity index (χ1n) is 10.5. The van der Waals surface area contributed by atoms with Gasteiger partial charge in [0.1, 0.15) is 0 Å². The quantitative estimate of drug-likeness (QED) is 0.687. The number of piperazine rings is 1. The van der Waals surface area contributed by atoms with Crippen molar-refractivity contribution in [1.29, 1.82) is 0 Å². The minimum atomic E-state index is -0.0707. The van der Waals surface area contributed by atoms with Gasteiger partial charge in [-0.1, -0.05) is 30.3 Å². The molecule has 2 fully saturated rings. The molecule has 0 saturated carbocycles. The molecule has 156 valence electrons. The van der Waals surface area contributed by atoms with Gasteiger partial charge in [0.15, 0.2) is 11.5 Å². The summed E-state index contributed by atoms with van der Waals surface area (Å²) in [5.41, 5.74) is 4.24. The normalized spacial score (nSPS) is 23.2. The highest BCUT2D eigenvalue weighted by molar-refractivity contribution is 5.91. The predicted octanol–water partition coefficient (Wildman–Crippen LogP) is 3.45. The zero-order valence-electron chi connectivity index (χ0n) is 16.8. The number of pyridine rings is 1. The molecule has 3 atom stereocenters. The molecule has 0 aliphatic carbocycles. The number of carbonyl (C=O) groups is 1. The van der Waals surface area contributed by atoms with Crippen molar-refractivity contribution in [2.24, 2.45) is 0 Å². The lowest BCUT2D eigenvalue weighted by Gasteiger charge is -2.59. The van der Waals surface area contributed by atoms with Gasteiger partial charge in [0, 0.05) is 43.2 Å². The van der Waals surface area contributed by atoms with Crippen LogP contribution in [0.5, 0.6) is 11.5 Å². The van der Waals surface area contributed by atoms with Gasteiger partial charge in [0.25, 0.3) is 0 Å². The van der Waals surface area contributed by atoms with Gasteiger partial charge in [-0.15, -0.1) is 0 Å². The Balaban J connectivity index is 1.18.